The standard InChI is InChI=1S/C16H19F3N6O7/c1-6(27)22-15-23-11-8(12(29)24-15)21-5-25(11)13-10(9(28)7(4-26)32-13)31-3-2-20-14(30)16(17,18)19/h5,7,9-10,13,26,28H,2-4H2,1H3,(H,20,30)(H2,22,23,24,27,29)/t7-,9-,10-,13-/m1/s1. The number of anilines is 1. The maximum Gasteiger partial charge on any atom is 0.471 e. The van der Waals surface area contributed by atoms with Crippen molar-refractivity contribution in [3.8, 4) is 0 Å². The Morgan fingerprint density at radius 3 is 2.75 bits per heavy atom. The van der Waals surface area contributed by atoms with Crippen molar-refractivity contribution in [2.45, 2.75) is 37.6 Å². The Morgan fingerprint density at radius 2 is 2.12 bits per heavy atom. The Bertz CT molecular complexity index is 1050. The van der Waals surface area contributed by atoms with E-state index >= 15 is 0 Å². The minimum Gasteiger partial charge on any atom is -0.394 e. The zero-order chi connectivity index (χ0) is 23.6. The number of carbonyl (C=O) groups is 2. The van der Waals surface area contributed by atoms with E-state index in [2.05, 4.69) is 20.3 Å². The lowest BCUT2D eigenvalue weighted by Crippen LogP contribution is -2.40. The zero-order valence-electron chi connectivity index (χ0n) is 16.4. The molecule has 0 aromatic carbocycles. The molecule has 2 aromatic rings. The minimum absolute atomic E-state index is 0.0488. The van der Waals surface area contributed by atoms with Crippen LogP contribution in [0.3, 0.4) is 0 Å². The molecule has 0 aliphatic carbocycles. The average molecular weight is 464 g/mol. The molecular weight excluding hydrogens is 445 g/mol. The van der Waals surface area contributed by atoms with Gasteiger partial charge in [-0.15, -0.1) is 0 Å². The van der Waals surface area contributed by atoms with E-state index < -0.39 is 67.8 Å². The highest BCUT2D eigenvalue weighted by Crippen LogP contribution is 2.33. The molecule has 1 aliphatic rings. The van der Waals surface area contributed by atoms with Crippen molar-refractivity contribution < 1.29 is 42.4 Å². The highest BCUT2D eigenvalue weighted by atomic mass is 19.4. The quantitative estimate of drug-likeness (QED) is 0.301. The van der Waals surface area contributed by atoms with E-state index in [-0.39, 0.29) is 17.1 Å². The second-order valence-corrected chi connectivity index (χ2v) is 6.75. The molecule has 0 saturated carbocycles. The number of rotatable bonds is 7. The molecule has 32 heavy (non-hydrogen) atoms. The number of nitrogens with one attached hydrogen (secondary N) is 3. The summed E-state index contributed by atoms with van der Waals surface area (Å²) in [5, 5.41) is 23.8. The number of carbonyl (C=O) groups excluding carboxylic acids is 2. The Kier molecular flexibility index (Phi) is 6.77. The van der Waals surface area contributed by atoms with E-state index in [0.29, 0.717) is 0 Å². The molecule has 1 saturated heterocycles. The Balaban J connectivity index is 1.83. The number of aromatic amines is 1. The highest BCUT2D eigenvalue weighted by Gasteiger charge is 2.46. The van der Waals surface area contributed by atoms with E-state index in [0.717, 1.165) is 6.33 Å². The van der Waals surface area contributed by atoms with Gasteiger partial charge in [-0.2, -0.15) is 18.2 Å². The van der Waals surface area contributed by atoms with Crippen molar-refractivity contribution in [2.24, 2.45) is 0 Å². The van der Waals surface area contributed by atoms with Crippen molar-refractivity contribution in [3.05, 3.63) is 16.7 Å². The number of aliphatic hydroxyl groups excluding tert-OH is 2. The number of H-pyrrole nitrogens is 1. The molecule has 3 rings (SSSR count). The fourth-order valence-corrected chi connectivity index (χ4v) is 3.07. The van der Waals surface area contributed by atoms with Gasteiger partial charge < -0.3 is 25.0 Å². The van der Waals surface area contributed by atoms with Crippen LogP contribution in [-0.2, 0) is 19.1 Å². The molecule has 0 bridgehead atoms. The SMILES string of the molecule is CC(=O)Nc1nc2c(ncn2[C@@H]2O[C@H](CO)[C@@H](O)[C@H]2OCCNC(=O)C(F)(F)F)c(=O)[nH]1. The molecule has 16 heteroatoms. The monoisotopic (exact) mass is 464 g/mol. The second-order valence-electron chi connectivity index (χ2n) is 6.75. The summed E-state index contributed by atoms with van der Waals surface area (Å²) in [4.78, 5) is 44.7. The third-order valence-corrected chi connectivity index (χ3v) is 4.45. The smallest absolute Gasteiger partial charge is 0.394 e. The molecule has 3 heterocycles. The van der Waals surface area contributed by atoms with Gasteiger partial charge >= 0.3 is 12.1 Å². The number of amides is 2. The lowest BCUT2D eigenvalue weighted by atomic mass is 10.1. The number of imidazole rings is 1. The van der Waals surface area contributed by atoms with Gasteiger partial charge in [0.2, 0.25) is 11.9 Å². The van der Waals surface area contributed by atoms with Crippen LogP contribution in [0.1, 0.15) is 13.2 Å². The maximum absolute atomic E-state index is 12.3. The molecule has 2 amide bonds. The van der Waals surface area contributed by atoms with Gasteiger partial charge in [0.15, 0.2) is 17.4 Å². The van der Waals surface area contributed by atoms with E-state index in [1.54, 1.807) is 5.32 Å². The van der Waals surface area contributed by atoms with Crippen LogP contribution < -0.4 is 16.2 Å². The molecule has 0 radical (unpaired) electrons. The highest BCUT2D eigenvalue weighted by molar-refractivity contribution is 5.87. The predicted octanol–water partition coefficient (Wildman–Crippen LogP) is -1.61. The zero-order valence-corrected chi connectivity index (χ0v) is 16.4. The van der Waals surface area contributed by atoms with Gasteiger partial charge in [0.1, 0.15) is 18.3 Å². The molecule has 176 valence electrons. The fraction of sp³-hybridized carbons (Fsp3) is 0.562. The van der Waals surface area contributed by atoms with Crippen LogP contribution in [-0.4, -0.2) is 85.8 Å². The Morgan fingerprint density at radius 1 is 1.41 bits per heavy atom. The van der Waals surface area contributed by atoms with Crippen LogP contribution in [0.2, 0.25) is 0 Å². The first kappa shape index (κ1) is 23.6. The largest absolute Gasteiger partial charge is 0.471 e. The van der Waals surface area contributed by atoms with Gasteiger partial charge in [0.05, 0.1) is 19.5 Å². The summed E-state index contributed by atoms with van der Waals surface area (Å²) in [6, 6.07) is 0. The van der Waals surface area contributed by atoms with E-state index in [1.165, 1.54) is 11.5 Å². The first-order valence-corrected chi connectivity index (χ1v) is 9.18. The summed E-state index contributed by atoms with van der Waals surface area (Å²) in [7, 11) is 0. The van der Waals surface area contributed by atoms with Crippen LogP contribution in [0.15, 0.2) is 11.1 Å². The second kappa shape index (κ2) is 9.19. The van der Waals surface area contributed by atoms with Gasteiger partial charge in [0.25, 0.3) is 5.56 Å². The summed E-state index contributed by atoms with van der Waals surface area (Å²) in [5.41, 5.74) is -0.852. The van der Waals surface area contributed by atoms with Gasteiger partial charge in [-0.25, -0.2) is 4.98 Å². The number of hydrogen-bond acceptors (Lipinski definition) is 9. The third kappa shape index (κ3) is 4.87. The summed E-state index contributed by atoms with van der Waals surface area (Å²) in [6.45, 7) is -0.363. The Labute approximate surface area is 176 Å². The van der Waals surface area contributed by atoms with Gasteiger partial charge in [-0.3, -0.25) is 29.3 Å². The maximum atomic E-state index is 12.3. The van der Waals surface area contributed by atoms with E-state index in [1.807, 2.05) is 0 Å². The number of nitrogens with zero attached hydrogens (tertiary/aromatic N) is 3. The van der Waals surface area contributed by atoms with Crippen LogP contribution in [0.25, 0.3) is 11.2 Å². The van der Waals surface area contributed by atoms with Gasteiger partial charge in [-0.05, 0) is 0 Å². The molecular formula is C16H19F3N6O7. The number of aliphatic hydroxyl groups is 2. The summed E-state index contributed by atoms with van der Waals surface area (Å²) < 4.78 is 49.0. The molecule has 0 spiro atoms. The summed E-state index contributed by atoms with van der Waals surface area (Å²) >= 11 is 0. The normalized spacial score (nSPS) is 23.4. The topological polar surface area (TPSA) is 181 Å². The van der Waals surface area contributed by atoms with Crippen LogP contribution >= 0.6 is 0 Å². The molecule has 1 fully saturated rings. The van der Waals surface area contributed by atoms with Crippen molar-refractivity contribution in [1.82, 2.24) is 24.8 Å². The Hall–Kier alpha value is -3.08. The first-order chi connectivity index (χ1) is 15.0. The lowest BCUT2D eigenvalue weighted by molar-refractivity contribution is -0.174. The van der Waals surface area contributed by atoms with Crippen molar-refractivity contribution in [1.29, 1.82) is 0 Å². The van der Waals surface area contributed by atoms with Crippen LogP contribution in [0.5, 0.6) is 0 Å². The summed E-state index contributed by atoms with van der Waals surface area (Å²) in [6.07, 6.45) is -8.84. The first-order valence-electron chi connectivity index (χ1n) is 9.18. The van der Waals surface area contributed by atoms with E-state index in [9.17, 15) is 37.8 Å². The van der Waals surface area contributed by atoms with Crippen LogP contribution in [0.4, 0.5) is 19.1 Å². The number of aromatic nitrogens is 4. The van der Waals surface area contributed by atoms with Crippen molar-refractivity contribution >= 4 is 28.9 Å². The third-order valence-electron chi connectivity index (χ3n) is 4.45. The molecule has 13 nitrogen and oxygen atoms in total. The average Bonchev–Trinajstić information content (AvgIpc) is 3.25. The number of fused-ring (bicyclic) bond motifs is 1. The number of alkyl halides is 3. The molecule has 0 unspecified atom stereocenters. The predicted molar refractivity (Wildman–Crippen MR) is 98.3 cm³/mol. The van der Waals surface area contributed by atoms with Crippen LogP contribution in [0, 0.1) is 0 Å². The van der Waals surface area contributed by atoms with E-state index in [4.69, 9.17) is 9.47 Å². The number of halogens is 3. The van der Waals surface area contributed by atoms with Crippen molar-refractivity contribution in [3.63, 3.8) is 0 Å². The lowest BCUT2D eigenvalue weighted by Gasteiger charge is -2.22. The summed E-state index contributed by atoms with van der Waals surface area (Å²) in [5.74, 6) is -2.83. The van der Waals surface area contributed by atoms with Gasteiger partial charge in [0, 0.05) is 13.5 Å². The minimum atomic E-state index is -5.05. The fourth-order valence-electron chi connectivity index (χ4n) is 3.07. The molecule has 5 N–H and O–H groups in total. The molecule has 2 aromatic heterocycles. The van der Waals surface area contributed by atoms with Gasteiger partial charge in [-0.1, -0.05) is 0 Å². The van der Waals surface area contributed by atoms with Crippen molar-refractivity contribution in [2.75, 3.05) is 25.1 Å². The molecule has 1 aliphatic heterocycles. The number of hydrogen-bond donors (Lipinski definition) is 5. The molecule has 4 atom stereocenters. The number of ether oxygens (including phenoxy) is 2.